The molecule has 2 aromatic rings. The molecule has 5 nitrogen and oxygen atoms in total. The number of rotatable bonds is 6. The molecule has 0 spiro atoms. The number of aliphatic imine (C=N–C) groups is 1. The number of fused-ring (bicyclic) bond motifs is 2. The van der Waals surface area contributed by atoms with Crippen molar-refractivity contribution in [3.05, 3.63) is 53.4 Å². The number of para-hydroxylation sites is 1. The van der Waals surface area contributed by atoms with Gasteiger partial charge in [0.2, 0.25) is 0 Å². The predicted octanol–water partition coefficient (Wildman–Crippen LogP) is 5.76. The first-order valence-electron chi connectivity index (χ1n) is 15.2. The Morgan fingerprint density at radius 2 is 1.94 bits per heavy atom. The monoisotopic (exact) mass is 488 g/mol. The number of piperazine rings is 1. The topological polar surface area (TPSA) is 37.3 Å². The summed E-state index contributed by atoms with van der Waals surface area (Å²) < 4.78 is 71.4. The lowest BCUT2D eigenvalue weighted by atomic mass is 9.88. The number of methoxy groups -OCH3 is 1. The van der Waals surface area contributed by atoms with E-state index in [1.807, 2.05) is 13.8 Å². The van der Waals surface area contributed by atoms with Crippen LogP contribution in [0.5, 0.6) is 0 Å². The van der Waals surface area contributed by atoms with Crippen molar-refractivity contribution in [2.75, 3.05) is 40.0 Å². The van der Waals surface area contributed by atoms with Crippen molar-refractivity contribution in [1.29, 1.82) is 0 Å². The molecule has 1 saturated heterocycles. The quantitative estimate of drug-likeness (QED) is 0.483. The highest BCUT2D eigenvalue weighted by molar-refractivity contribution is 7.99. The van der Waals surface area contributed by atoms with Crippen molar-refractivity contribution in [2.45, 2.75) is 68.5 Å². The SMILES string of the molecule is [2H]c1c([2H])c([2H])c2c(c1[2H])N=C(N1CCN(CCOCC(C)(C)OC)C(C)C1(C)C)c1c([2H])c(C)c([2H])c([2H])c1S2. The summed E-state index contributed by atoms with van der Waals surface area (Å²) in [6, 6.07) is -1.30. The van der Waals surface area contributed by atoms with E-state index < -0.39 is 5.54 Å². The molecule has 1 fully saturated rings. The van der Waals surface area contributed by atoms with Crippen molar-refractivity contribution in [1.82, 2.24) is 9.80 Å². The number of nitrogens with zero attached hydrogens (tertiary/aromatic N) is 3. The second-order valence-electron chi connectivity index (χ2n) is 9.95. The van der Waals surface area contributed by atoms with E-state index in [1.54, 1.807) is 14.0 Å². The van der Waals surface area contributed by atoms with E-state index in [4.69, 9.17) is 24.1 Å². The van der Waals surface area contributed by atoms with Crippen molar-refractivity contribution in [3.63, 3.8) is 0 Å². The van der Waals surface area contributed by atoms with Crippen molar-refractivity contribution in [2.24, 2.45) is 4.99 Å². The third kappa shape index (κ3) is 5.20. The molecule has 0 amide bonds. The highest BCUT2D eigenvalue weighted by Crippen LogP contribution is 2.42. The van der Waals surface area contributed by atoms with Gasteiger partial charge in [0.1, 0.15) is 5.84 Å². The molecule has 0 aliphatic carbocycles. The fourth-order valence-electron chi connectivity index (χ4n) is 4.25. The van der Waals surface area contributed by atoms with Crippen LogP contribution in [0.3, 0.4) is 0 Å². The summed E-state index contributed by atoms with van der Waals surface area (Å²) in [4.78, 5) is 9.85. The highest BCUT2D eigenvalue weighted by atomic mass is 32.2. The maximum Gasteiger partial charge on any atom is 0.138 e. The maximum atomic E-state index is 9.02. The third-order valence-electron chi connectivity index (χ3n) is 6.84. The molecule has 0 radical (unpaired) electrons. The molecule has 2 aliphatic heterocycles. The van der Waals surface area contributed by atoms with Gasteiger partial charge in [-0.1, -0.05) is 35.5 Å². The number of amidine groups is 1. The van der Waals surface area contributed by atoms with Gasteiger partial charge in [0, 0.05) is 48.1 Å². The molecule has 34 heavy (non-hydrogen) atoms. The van der Waals surface area contributed by atoms with Crippen LogP contribution < -0.4 is 0 Å². The fourth-order valence-corrected chi connectivity index (χ4v) is 5.10. The molecule has 1 unspecified atom stereocenters. The van der Waals surface area contributed by atoms with E-state index >= 15 is 0 Å². The molecule has 2 aliphatic rings. The molecule has 184 valence electrons. The Labute approximate surface area is 219 Å². The van der Waals surface area contributed by atoms with Crippen molar-refractivity contribution >= 4 is 23.3 Å². The largest absolute Gasteiger partial charge is 0.377 e. The van der Waals surface area contributed by atoms with Gasteiger partial charge in [-0.25, -0.2) is 4.99 Å². The summed E-state index contributed by atoms with van der Waals surface area (Å²) in [5, 5.41) is 0. The molecular weight excluding hydrogens is 442 g/mol. The summed E-state index contributed by atoms with van der Waals surface area (Å²) >= 11 is 1.00. The highest BCUT2D eigenvalue weighted by Gasteiger charge is 2.42. The van der Waals surface area contributed by atoms with Crippen LogP contribution in [0, 0.1) is 6.92 Å². The van der Waals surface area contributed by atoms with Gasteiger partial charge in [0.05, 0.1) is 39.6 Å². The lowest BCUT2D eigenvalue weighted by Gasteiger charge is -2.53. The molecule has 2 heterocycles. The molecule has 0 bridgehead atoms. The first kappa shape index (κ1) is 17.6. The molecule has 4 rings (SSSR count). The second kappa shape index (κ2) is 10.0. The Bertz CT molecular complexity index is 1400. The third-order valence-corrected chi connectivity index (χ3v) is 7.85. The minimum Gasteiger partial charge on any atom is -0.377 e. The Morgan fingerprint density at radius 3 is 2.71 bits per heavy atom. The Morgan fingerprint density at radius 1 is 1.18 bits per heavy atom. The molecular formula is C28H39N3O2S. The molecule has 2 aromatic carbocycles. The van der Waals surface area contributed by atoms with Crippen molar-refractivity contribution < 1.29 is 19.1 Å². The van der Waals surface area contributed by atoms with Gasteiger partial charge in [0.25, 0.3) is 0 Å². The van der Waals surface area contributed by atoms with Crippen LogP contribution in [0.2, 0.25) is 0 Å². The van der Waals surface area contributed by atoms with E-state index in [0.29, 0.717) is 48.2 Å². The standard InChI is InChI=1S/C28H39N3O2S/c1-20-12-13-24-22(18-20)26(29-23-10-8-9-11-25(23)34-24)31-15-14-30(21(2)28(31,5)6)16-17-33-19-27(3,4)32-7/h8-13,18,21H,14-17,19H2,1-7H3/i8D,9D,10D,11D,12D,13D,18D. The number of hydrogen-bond acceptors (Lipinski definition) is 6. The summed E-state index contributed by atoms with van der Waals surface area (Å²) in [7, 11) is 1.67. The summed E-state index contributed by atoms with van der Waals surface area (Å²) in [6.45, 7) is 14.9. The zero-order valence-corrected chi connectivity index (χ0v) is 22.0. The van der Waals surface area contributed by atoms with Crippen LogP contribution in [0.4, 0.5) is 5.69 Å². The molecule has 1 atom stereocenters. The zero-order valence-electron chi connectivity index (χ0n) is 28.2. The predicted molar refractivity (Wildman–Crippen MR) is 142 cm³/mol. The second-order valence-corrected chi connectivity index (χ2v) is 11.0. The molecule has 0 saturated carbocycles. The van der Waals surface area contributed by atoms with E-state index in [9.17, 15) is 0 Å². The summed E-state index contributed by atoms with van der Waals surface area (Å²) in [5.41, 5.74) is -0.0356. The first-order valence-corrected chi connectivity index (χ1v) is 12.5. The normalized spacial score (nSPS) is 23.3. The minimum absolute atomic E-state index is 0.0302. The number of ether oxygens (including phenoxy) is 2. The fraction of sp³-hybridized carbons (Fsp3) is 0.536. The van der Waals surface area contributed by atoms with Gasteiger partial charge < -0.3 is 14.4 Å². The van der Waals surface area contributed by atoms with Crippen molar-refractivity contribution in [3.8, 4) is 0 Å². The molecule has 0 N–H and O–H groups in total. The van der Waals surface area contributed by atoms with Crippen LogP contribution >= 0.6 is 11.8 Å². The van der Waals surface area contributed by atoms with Gasteiger partial charge >= 0.3 is 0 Å². The molecule has 6 heteroatoms. The van der Waals surface area contributed by atoms with Gasteiger partial charge in [-0.15, -0.1) is 0 Å². The van der Waals surface area contributed by atoms with E-state index in [1.165, 1.54) is 0 Å². The Kier molecular flexibility index (Phi) is 5.17. The Balaban J connectivity index is 1.80. The average Bonchev–Trinajstić information content (AvgIpc) is 3.11. The van der Waals surface area contributed by atoms with Gasteiger partial charge in [-0.2, -0.15) is 0 Å². The van der Waals surface area contributed by atoms with Gasteiger partial charge in [-0.3, -0.25) is 4.90 Å². The smallest absolute Gasteiger partial charge is 0.138 e. The Hall–Kier alpha value is -1.86. The maximum absolute atomic E-state index is 9.02. The van der Waals surface area contributed by atoms with E-state index in [0.717, 1.165) is 18.3 Å². The molecule has 0 aromatic heterocycles. The van der Waals surface area contributed by atoms with Gasteiger partial charge in [0.15, 0.2) is 0 Å². The average molecular weight is 489 g/mol. The van der Waals surface area contributed by atoms with E-state index in [2.05, 4.69) is 30.6 Å². The zero-order chi connectivity index (χ0) is 30.6. The lowest BCUT2D eigenvalue weighted by molar-refractivity contribution is -0.0613. The number of benzene rings is 2. The summed E-state index contributed by atoms with van der Waals surface area (Å²) in [6.07, 6.45) is 0. The first-order chi connectivity index (χ1) is 19.0. The van der Waals surface area contributed by atoms with Crippen LogP contribution in [0.15, 0.2) is 57.1 Å². The van der Waals surface area contributed by atoms with Crippen LogP contribution in [-0.2, 0) is 9.47 Å². The lowest BCUT2D eigenvalue weighted by Crippen LogP contribution is -2.66. The number of hydrogen-bond donors (Lipinski definition) is 0. The minimum atomic E-state index is -0.511. The van der Waals surface area contributed by atoms with Crippen LogP contribution in [0.25, 0.3) is 0 Å². The van der Waals surface area contributed by atoms with E-state index in [-0.39, 0.29) is 64.5 Å². The summed E-state index contributed by atoms with van der Waals surface area (Å²) in [5.74, 6) is 0.396. The van der Waals surface area contributed by atoms with Crippen LogP contribution in [0.1, 0.15) is 55.3 Å². The van der Waals surface area contributed by atoms with Crippen LogP contribution in [-0.4, -0.2) is 72.8 Å². The van der Waals surface area contributed by atoms with Gasteiger partial charge in [-0.05, 0) is 65.7 Å².